The Morgan fingerprint density at radius 1 is 1.03 bits per heavy atom. The Morgan fingerprint density at radius 2 is 1.66 bits per heavy atom. The van der Waals surface area contributed by atoms with Gasteiger partial charge in [0.2, 0.25) is 0 Å². The smallest absolute Gasteiger partial charge is 0.357 e. The zero-order chi connectivity index (χ0) is 25.6. The van der Waals surface area contributed by atoms with Gasteiger partial charge in [0.1, 0.15) is 5.41 Å². The van der Waals surface area contributed by atoms with Crippen LogP contribution < -0.4 is 10.6 Å². The van der Waals surface area contributed by atoms with Crippen LogP contribution in [0.2, 0.25) is 0 Å². The molecule has 0 saturated heterocycles. The number of thiazole rings is 1. The lowest BCUT2D eigenvalue weighted by molar-refractivity contribution is -0.152. The van der Waals surface area contributed by atoms with E-state index in [4.69, 9.17) is 14.2 Å². The molecule has 35 heavy (non-hydrogen) atoms. The Balaban J connectivity index is 2.22. The van der Waals surface area contributed by atoms with E-state index in [9.17, 15) is 14.4 Å². The summed E-state index contributed by atoms with van der Waals surface area (Å²) in [6.07, 6.45) is 0. The molecule has 9 nitrogen and oxygen atoms in total. The minimum atomic E-state index is -1.35. The maximum absolute atomic E-state index is 13.8. The lowest BCUT2D eigenvalue weighted by Crippen LogP contribution is -2.66. The van der Waals surface area contributed by atoms with Crippen LogP contribution in [0.25, 0.3) is 0 Å². The number of rotatable bonds is 9. The van der Waals surface area contributed by atoms with Crippen molar-refractivity contribution in [1.82, 2.24) is 10.3 Å². The van der Waals surface area contributed by atoms with Gasteiger partial charge >= 0.3 is 17.9 Å². The average Bonchev–Trinajstić information content (AvgIpc) is 3.29. The van der Waals surface area contributed by atoms with E-state index in [0.29, 0.717) is 16.4 Å². The molecular weight excluding hydrogens is 470 g/mol. The molecule has 1 aliphatic rings. The van der Waals surface area contributed by atoms with Gasteiger partial charge < -0.3 is 24.8 Å². The molecule has 2 aromatic rings. The number of anilines is 1. The molecule has 10 heteroatoms. The lowest BCUT2D eigenvalue weighted by Gasteiger charge is -2.48. The normalized spacial score (nSPS) is 21.6. The van der Waals surface area contributed by atoms with Crippen LogP contribution in [0, 0.1) is 0 Å². The first-order valence-corrected chi connectivity index (χ1v) is 12.4. The summed E-state index contributed by atoms with van der Waals surface area (Å²) in [5, 5.41) is 8.50. The molecule has 2 heterocycles. The predicted octanol–water partition coefficient (Wildman–Crippen LogP) is 3.43. The summed E-state index contributed by atoms with van der Waals surface area (Å²) in [5.41, 5.74) is 0.282. The fraction of sp³-hybridized carbons (Fsp3) is 0.440. The predicted molar refractivity (Wildman–Crippen MR) is 132 cm³/mol. The first-order chi connectivity index (χ1) is 16.8. The van der Waals surface area contributed by atoms with Crippen molar-refractivity contribution in [1.29, 1.82) is 0 Å². The molecule has 0 radical (unpaired) electrons. The molecular formula is C25H31N3O6S. The zero-order valence-corrected chi connectivity index (χ0v) is 21.4. The van der Waals surface area contributed by atoms with Gasteiger partial charge in [-0.3, -0.25) is 4.79 Å². The number of hydrogen-bond donors (Lipinski definition) is 2. The van der Waals surface area contributed by atoms with Gasteiger partial charge in [-0.1, -0.05) is 30.3 Å². The molecule has 0 aliphatic carbocycles. The highest BCUT2D eigenvalue weighted by molar-refractivity contribution is 7.13. The van der Waals surface area contributed by atoms with Gasteiger partial charge in [-0.05, 0) is 40.2 Å². The van der Waals surface area contributed by atoms with E-state index in [0.717, 1.165) is 0 Å². The minimum Gasteiger partial charge on any atom is -0.465 e. The molecule has 3 unspecified atom stereocenters. The molecule has 3 atom stereocenters. The Kier molecular flexibility index (Phi) is 8.50. The SMILES string of the molecule is CCOC(=O)C1=C(C)NC(C)C(C(=O)OCC)(c2ccccc2)C1Nc1nc(C(=O)OCC)cs1. The number of nitrogens with one attached hydrogen (secondary N) is 2. The summed E-state index contributed by atoms with van der Waals surface area (Å²) >= 11 is 1.18. The van der Waals surface area contributed by atoms with Crippen molar-refractivity contribution in [2.24, 2.45) is 0 Å². The first kappa shape index (κ1) is 26.2. The Morgan fingerprint density at radius 3 is 2.29 bits per heavy atom. The third-order valence-corrected chi connectivity index (χ3v) is 6.65. The highest BCUT2D eigenvalue weighted by Crippen LogP contribution is 2.43. The summed E-state index contributed by atoms with van der Waals surface area (Å²) in [7, 11) is 0. The molecule has 1 aliphatic heterocycles. The van der Waals surface area contributed by atoms with Gasteiger partial charge in [-0.2, -0.15) is 0 Å². The monoisotopic (exact) mass is 501 g/mol. The van der Waals surface area contributed by atoms with Gasteiger partial charge in [-0.15, -0.1) is 11.3 Å². The highest BCUT2D eigenvalue weighted by atomic mass is 32.1. The standard InChI is InChI=1S/C25H31N3O6S/c1-6-32-21(29)18-14-35-24(27-18)28-20-19(22(30)33-7-2)15(4)26-16(5)25(20,23(31)34-8-3)17-12-10-9-11-13-17/h9-14,16,20,26H,6-8H2,1-5H3,(H,27,28). The quantitative estimate of drug-likeness (QED) is 0.394. The van der Waals surface area contributed by atoms with Crippen LogP contribution >= 0.6 is 11.3 Å². The molecule has 0 amide bonds. The summed E-state index contributed by atoms with van der Waals surface area (Å²) in [5.74, 6) is -1.61. The second-order valence-electron chi connectivity index (χ2n) is 7.92. The fourth-order valence-electron chi connectivity index (χ4n) is 4.43. The van der Waals surface area contributed by atoms with Crippen molar-refractivity contribution in [3.05, 3.63) is 58.2 Å². The lowest BCUT2D eigenvalue weighted by atomic mass is 9.64. The number of aromatic nitrogens is 1. The maximum atomic E-state index is 13.8. The van der Waals surface area contributed by atoms with Crippen LogP contribution in [0.3, 0.4) is 0 Å². The van der Waals surface area contributed by atoms with Crippen molar-refractivity contribution in [3.8, 4) is 0 Å². The third-order valence-electron chi connectivity index (χ3n) is 5.88. The molecule has 3 rings (SSSR count). The summed E-state index contributed by atoms with van der Waals surface area (Å²) in [4.78, 5) is 43.5. The number of hydrogen-bond acceptors (Lipinski definition) is 10. The van der Waals surface area contributed by atoms with Gasteiger partial charge in [0.15, 0.2) is 10.8 Å². The minimum absolute atomic E-state index is 0.140. The first-order valence-electron chi connectivity index (χ1n) is 11.6. The van der Waals surface area contributed by atoms with Crippen LogP contribution in [-0.2, 0) is 29.2 Å². The van der Waals surface area contributed by atoms with E-state index in [-0.39, 0.29) is 31.1 Å². The number of carbonyl (C=O) groups excluding carboxylic acids is 3. The summed E-state index contributed by atoms with van der Waals surface area (Å²) < 4.78 is 16.0. The number of nitrogens with zero attached hydrogens (tertiary/aromatic N) is 1. The molecule has 2 N–H and O–H groups in total. The van der Waals surface area contributed by atoms with Gasteiger partial charge in [0.25, 0.3) is 0 Å². The number of benzene rings is 1. The van der Waals surface area contributed by atoms with E-state index < -0.39 is 35.4 Å². The van der Waals surface area contributed by atoms with Crippen molar-refractivity contribution in [2.45, 2.75) is 52.1 Å². The second-order valence-corrected chi connectivity index (χ2v) is 8.77. The number of allylic oxidation sites excluding steroid dienone is 1. The average molecular weight is 502 g/mol. The maximum Gasteiger partial charge on any atom is 0.357 e. The third kappa shape index (κ3) is 5.02. The van der Waals surface area contributed by atoms with Gasteiger partial charge in [-0.25, -0.2) is 14.6 Å². The van der Waals surface area contributed by atoms with Crippen LogP contribution in [0.1, 0.15) is 50.7 Å². The molecule has 0 fully saturated rings. The topological polar surface area (TPSA) is 116 Å². The Bertz CT molecular complexity index is 1100. The van der Waals surface area contributed by atoms with E-state index in [1.165, 1.54) is 11.3 Å². The van der Waals surface area contributed by atoms with Crippen molar-refractivity contribution >= 4 is 34.4 Å². The Labute approximate surface area is 208 Å². The zero-order valence-electron chi connectivity index (χ0n) is 20.5. The highest BCUT2D eigenvalue weighted by Gasteiger charge is 2.58. The summed E-state index contributed by atoms with van der Waals surface area (Å²) in [6.45, 7) is 9.36. The van der Waals surface area contributed by atoms with Crippen LogP contribution in [0.4, 0.5) is 5.13 Å². The van der Waals surface area contributed by atoms with Crippen LogP contribution in [0.15, 0.2) is 47.0 Å². The Hall–Kier alpha value is -3.40. The largest absolute Gasteiger partial charge is 0.465 e. The van der Waals surface area contributed by atoms with E-state index in [1.807, 2.05) is 37.3 Å². The molecule has 188 valence electrons. The van der Waals surface area contributed by atoms with Gasteiger partial charge in [0, 0.05) is 17.1 Å². The van der Waals surface area contributed by atoms with Crippen molar-refractivity contribution in [3.63, 3.8) is 0 Å². The van der Waals surface area contributed by atoms with E-state index in [1.54, 1.807) is 33.1 Å². The van der Waals surface area contributed by atoms with Crippen LogP contribution in [-0.4, -0.2) is 54.8 Å². The number of esters is 3. The van der Waals surface area contributed by atoms with Crippen molar-refractivity contribution in [2.75, 3.05) is 25.1 Å². The molecule has 1 aromatic carbocycles. The number of ether oxygens (including phenoxy) is 3. The van der Waals surface area contributed by atoms with Crippen LogP contribution in [0.5, 0.6) is 0 Å². The van der Waals surface area contributed by atoms with Crippen molar-refractivity contribution < 1.29 is 28.6 Å². The van der Waals surface area contributed by atoms with Gasteiger partial charge in [0.05, 0.1) is 31.4 Å². The molecule has 0 spiro atoms. The van der Waals surface area contributed by atoms with E-state index in [2.05, 4.69) is 15.6 Å². The van der Waals surface area contributed by atoms with E-state index >= 15 is 0 Å². The fourth-order valence-corrected chi connectivity index (χ4v) is 5.14. The number of carbonyl (C=O) groups is 3. The molecule has 0 bridgehead atoms. The molecule has 0 saturated carbocycles. The molecule has 1 aromatic heterocycles. The second kappa shape index (κ2) is 11.4. The summed E-state index contributed by atoms with van der Waals surface area (Å²) in [6, 6.07) is 7.81.